The summed E-state index contributed by atoms with van der Waals surface area (Å²) < 4.78 is 0. The zero-order valence-electron chi connectivity index (χ0n) is 17.4. The lowest BCUT2D eigenvalue weighted by Crippen LogP contribution is -2.47. The Balaban J connectivity index is 4.14. The number of aliphatic carboxylic acids is 1. The predicted octanol–water partition coefficient (Wildman–Crippen LogP) is 4.91. The highest BCUT2D eigenvalue weighted by Crippen LogP contribution is 2.13. The lowest BCUT2D eigenvalue weighted by Gasteiger charge is -2.14. The lowest BCUT2D eigenvalue weighted by molar-refractivity contribution is -0.138. The number of carboxylic acid groups (broad SMARTS) is 1. The van der Waals surface area contributed by atoms with Crippen LogP contribution < -0.4 is 10.6 Å². The molecule has 5 nitrogen and oxygen atoms in total. The highest BCUT2D eigenvalue weighted by atomic mass is 32.2. The average molecular weight is 397 g/mol. The molecule has 0 aliphatic carbocycles. The van der Waals surface area contributed by atoms with E-state index in [9.17, 15) is 14.7 Å². The quantitative estimate of drug-likeness (QED) is 0.305. The number of carbonyl (C=O) groups is 2. The average Bonchev–Trinajstić information content (AvgIpc) is 2.57. The van der Waals surface area contributed by atoms with Crippen molar-refractivity contribution in [1.82, 2.24) is 10.6 Å². The summed E-state index contributed by atoms with van der Waals surface area (Å²) in [7, 11) is 0. The van der Waals surface area contributed by atoms with Crippen LogP contribution in [0.1, 0.15) is 60.3 Å². The molecule has 154 valence electrons. The van der Waals surface area contributed by atoms with Gasteiger partial charge in [-0.1, -0.05) is 34.9 Å². The van der Waals surface area contributed by atoms with Crippen LogP contribution in [-0.4, -0.2) is 41.2 Å². The topological polar surface area (TPSA) is 78.4 Å². The maximum Gasteiger partial charge on any atom is 0.327 e. The first-order valence-corrected chi connectivity index (χ1v) is 10.7. The number of thioether (sulfide) groups is 1. The van der Waals surface area contributed by atoms with E-state index < -0.39 is 18.0 Å². The minimum atomic E-state index is -1.01. The third-order valence-corrected chi connectivity index (χ3v) is 4.87. The van der Waals surface area contributed by atoms with E-state index in [2.05, 4.69) is 56.6 Å². The van der Waals surface area contributed by atoms with Crippen molar-refractivity contribution in [3.8, 4) is 0 Å². The van der Waals surface area contributed by atoms with Crippen molar-refractivity contribution in [2.24, 2.45) is 0 Å². The standard InChI is InChI=1S/C21H36N2O3S/c1-6-22-21(26)23-19(20(24)25)15-27-14-13-18(5)12-8-11-17(4)10-7-9-16(2)3/h9,11,13,19H,6-8,10,12,14-15H2,1-5H3,(H,24,25)(H2,22,23,26). The molecule has 0 aromatic heterocycles. The third-order valence-electron chi connectivity index (χ3n) is 3.90. The molecule has 0 rings (SSSR count). The summed E-state index contributed by atoms with van der Waals surface area (Å²) in [6, 6.07) is -1.31. The second-order valence-corrected chi connectivity index (χ2v) is 7.97. The summed E-state index contributed by atoms with van der Waals surface area (Å²) in [4.78, 5) is 22.7. The van der Waals surface area contributed by atoms with Gasteiger partial charge < -0.3 is 15.7 Å². The monoisotopic (exact) mass is 396 g/mol. The number of nitrogens with one attached hydrogen (secondary N) is 2. The first-order chi connectivity index (χ1) is 12.8. The van der Waals surface area contributed by atoms with E-state index in [4.69, 9.17) is 0 Å². The van der Waals surface area contributed by atoms with E-state index in [0.29, 0.717) is 12.3 Å². The molecular weight excluding hydrogens is 360 g/mol. The van der Waals surface area contributed by atoms with Crippen molar-refractivity contribution in [3.05, 3.63) is 34.9 Å². The number of hydrogen-bond donors (Lipinski definition) is 3. The van der Waals surface area contributed by atoms with Crippen molar-refractivity contribution < 1.29 is 14.7 Å². The van der Waals surface area contributed by atoms with E-state index in [0.717, 1.165) is 31.4 Å². The molecule has 0 aromatic rings. The van der Waals surface area contributed by atoms with Crippen molar-refractivity contribution in [3.63, 3.8) is 0 Å². The van der Waals surface area contributed by atoms with Gasteiger partial charge in [-0.25, -0.2) is 9.59 Å². The Labute approximate surface area is 168 Å². The number of hydrogen-bond acceptors (Lipinski definition) is 3. The normalized spacial score (nSPS) is 13.1. The number of carboxylic acids is 1. The minimum Gasteiger partial charge on any atom is -0.480 e. The van der Waals surface area contributed by atoms with Crippen LogP contribution >= 0.6 is 11.8 Å². The number of rotatable bonds is 13. The molecule has 6 heteroatoms. The van der Waals surface area contributed by atoms with Crippen molar-refractivity contribution in [2.75, 3.05) is 18.1 Å². The number of amides is 2. The van der Waals surface area contributed by atoms with Crippen LogP contribution in [0.15, 0.2) is 34.9 Å². The molecule has 3 N–H and O–H groups in total. The van der Waals surface area contributed by atoms with E-state index in [1.54, 1.807) is 6.92 Å². The Kier molecular flexibility index (Phi) is 14.4. The Morgan fingerprint density at radius 2 is 1.59 bits per heavy atom. The van der Waals surface area contributed by atoms with E-state index in [1.807, 2.05) is 0 Å². The summed E-state index contributed by atoms with van der Waals surface area (Å²) in [6.07, 6.45) is 11.0. The summed E-state index contributed by atoms with van der Waals surface area (Å²) in [6.45, 7) is 10.8. The van der Waals surface area contributed by atoms with E-state index in [1.165, 1.54) is 28.5 Å². The fourth-order valence-corrected chi connectivity index (χ4v) is 3.27. The minimum absolute atomic E-state index is 0.347. The van der Waals surface area contributed by atoms with Crippen LogP contribution in [0.3, 0.4) is 0 Å². The van der Waals surface area contributed by atoms with Gasteiger partial charge in [0.1, 0.15) is 6.04 Å². The summed E-state index contributed by atoms with van der Waals surface area (Å²) in [5.74, 6) is 0.0819. The smallest absolute Gasteiger partial charge is 0.327 e. The molecule has 0 aromatic carbocycles. The van der Waals surface area contributed by atoms with Gasteiger partial charge in [0.2, 0.25) is 0 Å². The van der Waals surface area contributed by atoms with Gasteiger partial charge in [-0.15, -0.1) is 0 Å². The number of carbonyl (C=O) groups excluding carboxylic acids is 1. The van der Waals surface area contributed by atoms with Crippen molar-refractivity contribution in [1.29, 1.82) is 0 Å². The Morgan fingerprint density at radius 3 is 2.15 bits per heavy atom. The molecule has 0 saturated heterocycles. The Bertz CT molecular complexity index is 550. The summed E-state index contributed by atoms with van der Waals surface area (Å²) in [5.41, 5.74) is 4.10. The first kappa shape index (κ1) is 25.3. The SMILES string of the molecule is CCNC(=O)NC(CSCC=C(C)CCC=C(C)CCC=C(C)C)C(=O)O. The van der Waals surface area contributed by atoms with Gasteiger partial charge in [-0.2, -0.15) is 11.8 Å². The van der Waals surface area contributed by atoms with Gasteiger partial charge in [0.15, 0.2) is 0 Å². The van der Waals surface area contributed by atoms with Crippen molar-refractivity contribution >= 4 is 23.8 Å². The molecule has 27 heavy (non-hydrogen) atoms. The first-order valence-electron chi connectivity index (χ1n) is 9.55. The molecule has 0 bridgehead atoms. The molecule has 0 spiro atoms. The molecule has 0 radical (unpaired) electrons. The Morgan fingerprint density at radius 1 is 1.00 bits per heavy atom. The molecule has 2 amide bonds. The lowest BCUT2D eigenvalue weighted by atomic mass is 10.1. The summed E-state index contributed by atoms with van der Waals surface area (Å²) >= 11 is 1.51. The largest absolute Gasteiger partial charge is 0.480 e. The van der Waals surface area contributed by atoms with E-state index in [-0.39, 0.29) is 0 Å². The maximum atomic E-state index is 11.5. The van der Waals surface area contributed by atoms with Gasteiger partial charge in [0.05, 0.1) is 0 Å². The molecule has 0 heterocycles. The van der Waals surface area contributed by atoms with E-state index >= 15 is 0 Å². The van der Waals surface area contributed by atoms with Crippen LogP contribution in [0.25, 0.3) is 0 Å². The molecule has 0 saturated carbocycles. The second-order valence-electron chi connectivity index (χ2n) is 6.89. The highest BCUT2D eigenvalue weighted by Gasteiger charge is 2.19. The molecular formula is C21H36N2O3S. The molecule has 0 aliphatic rings. The molecule has 1 unspecified atom stereocenters. The molecule has 0 aliphatic heterocycles. The van der Waals surface area contributed by atoms with Gasteiger partial charge in [0.25, 0.3) is 0 Å². The third kappa shape index (κ3) is 15.1. The fraction of sp³-hybridized carbons (Fsp3) is 0.619. The molecule has 0 fully saturated rings. The zero-order chi connectivity index (χ0) is 20.7. The second kappa shape index (κ2) is 15.4. The predicted molar refractivity (Wildman–Crippen MR) is 116 cm³/mol. The number of urea groups is 1. The van der Waals surface area contributed by atoms with Crippen LogP contribution in [0.4, 0.5) is 4.79 Å². The fourth-order valence-electron chi connectivity index (χ4n) is 2.27. The van der Waals surface area contributed by atoms with Gasteiger partial charge in [0, 0.05) is 18.1 Å². The van der Waals surface area contributed by atoms with Crippen LogP contribution in [0, 0.1) is 0 Å². The van der Waals surface area contributed by atoms with Gasteiger partial charge >= 0.3 is 12.0 Å². The van der Waals surface area contributed by atoms with Crippen LogP contribution in [0.5, 0.6) is 0 Å². The van der Waals surface area contributed by atoms with Gasteiger partial charge in [-0.05, 0) is 60.3 Å². The molecule has 1 atom stereocenters. The van der Waals surface area contributed by atoms with Crippen LogP contribution in [-0.2, 0) is 4.79 Å². The highest BCUT2D eigenvalue weighted by molar-refractivity contribution is 7.99. The Hall–Kier alpha value is -1.69. The maximum absolute atomic E-state index is 11.5. The van der Waals surface area contributed by atoms with Crippen molar-refractivity contribution in [2.45, 2.75) is 66.3 Å². The van der Waals surface area contributed by atoms with Gasteiger partial charge in [-0.3, -0.25) is 0 Å². The zero-order valence-corrected chi connectivity index (χ0v) is 18.2. The number of allylic oxidation sites excluding steroid dienone is 5. The van der Waals surface area contributed by atoms with Crippen LogP contribution in [0.2, 0.25) is 0 Å². The summed E-state index contributed by atoms with van der Waals surface area (Å²) in [5, 5.41) is 14.2.